The molecule has 2 amide bonds. The number of urea groups is 1. The van der Waals surface area contributed by atoms with E-state index in [1.165, 1.54) is 56.1 Å². The molecule has 8 atom stereocenters. The molecular weight excluding hydrogens is 594 g/mol. The van der Waals surface area contributed by atoms with Crippen LogP contribution in [-0.2, 0) is 0 Å². The molecule has 6 nitrogen and oxygen atoms in total. The van der Waals surface area contributed by atoms with Crippen LogP contribution in [0.3, 0.4) is 0 Å². The van der Waals surface area contributed by atoms with Gasteiger partial charge >= 0.3 is 12.0 Å². The quantitative estimate of drug-likeness (QED) is 0.299. The maximum absolute atomic E-state index is 13.5. The number of rotatable bonds is 6. The van der Waals surface area contributed by atoms with Gasteiger partial charge in [0.15, 0.2) is 0 Å². The fourth-order valence-electron chi connectivity index (χ4n) is 12.4. The van der Waals surface area contributed by atoms with Crippen LogP contribution in [-0.4, -0.2) is 66.7 Å². The van der Waals surface area contributed by atoms with E-state index in [-0.39, 0.29) is 33.2 Å². The third-order valence-corrected chi connectivity index (χ3v) is 15.0. The van der Waals surface area contributed by atoms with Crippen LogP contribution in [0, 0.1) is 45.3 Å². The number of hydrogen-bond donors (Lipinski definition) is 2. The minimum Gasteiger partial charge on any atom is -0.478 e. The van der Waals surface area contributed by atoms with Gasteiger partial charge in [-0.3, -0.25) is 0 Å². The lowest BCUT2D eigenvalue weighted by Gasteiger charge is -2.72. The predicted molar refractivity (Wildman–Crippen MR) is 198 cm³/mol. The molecule has 1 aromatic carbocycles. The molecule has 0 radical (unpaired) electrons. The lowest BCUT2D eigenvalue weighted by atomic mass is 9.33. The first kappa shape index (κ1) is 36.7. The fraction of sp³-hybridized carbons (Fsp3) is 0.714. The molecule has 4 saturated carbocycles. The number of benzene rings is 1. The van der Waals surface area contributed by atoms with Crippen molar-refractivity contribution >= 4 is 17.6 Å². The SMILES string of the molecule is C=CC.CN(C)CCN(C)C(=O)NC12CCCC1C1CCC3C4(C)CC=C(c5ccc(C(=O)O)cc5)C(C)(C)C4CCC3(C)[C@]1(C)CC2. The van der Waals surface area contributed by atoms with E-state index in [0.29, 0.717) is 29.2 Å². The zero-order valence-corrected chi connectivity index (χ0v) is 31.6. The van der Waals surface area contributed by atoms with Gasteiger partial charge in [0.2, 0.25) is 0 Å². The minimum absolute atomic E-state index is 0.0207. The molecule has 2 N–H and O–H groups in total. The zero-order chi connectivity index (χ0) is 35.3. The Morgan fingerprint density at radius 3 is 2.17 bits per heavy atom. The van der Waals surface area contributed by atoms with Crippen molar-refractivity contribution in [2.45, 2.75) is 111 Å². The van der Waals surface area contributed by atoms with Gasteiger partial charge in [0.25, 0.3) is 0 Å². The molecule has 4 fully saturated rings. The highest BCUT2D eigenvalue weighted by atomic mass is 16.4. The zero-order valence-electron chi connectivity index (χ0n) is 31.6. The van der Waals surface area contributed by atoms with Crippen LogP contribution in [0.25, 0.3) is 5.57 Å². The first-order chi connectivity index (χ1) is 22.5. The predicted octanol–water partition coefficient (Wildman–Crippen LogP) is 9.38. The topological polar surface area (TPSA) is 72.9 Å². The van der Waals surface area contributed by atoms with Gasteiger partial charge in [-0.15, -0.1) is 6.58 Å². The minimum atomic E-state index is -0.867. The van der Waals surface area contributed by atoms with E-state index in [0.717, 1.165) is 32.4 Å². The van der Waals surface area contributed by atoms with Gasteiger partial charge in [-0.1, -0.05) is 65.3 Å². The molecule has 5 aliphatic rings. The summed E-state index contributed by atoms with van der Waals surface area (Å²) >= 11 is 0. The molecule has 6 heteroatoms. The van der Waals surface area contributed by atoms with Gasteiger partial charge in [0.05, 0.1) is 5.56 Å². The van der Waals surface area contributed by atoms with Crippen LogP contribution >= 0.6 is 0 Å². The smallest absolute Gasteiger partial charge is 0.335 e. The highest BCUT2D eigenvalue weighted by Crippen LogP contribution is 2.76. The molecule has 0 aliphatic heterocycles. The van der Waals surface area contributed by atoms with E-state index in [9.17, 15) is 14.7 Å². The highest BCUT2D eigenvalue weighted by molar-refractivity contribution is 5.88. The maximum Gasteiger partial charge on any atom is 0.335 e. The molecule has 0 saturated heterocycles. The summed E-state index contributed by atoms with van der Waals surface area (Å²) in [7, 11) is 6.08. The van der Waals surface area contributed by atoms with Crippen LogP contribution in [0.2, 0.25) is 0 Å². The van der Waals surface area contributed by atoms with E-state index in [1.807, 2.05) is 31.0 Å². The monoisotopic (exact) mass is 660 g/mol. The molecular formula is C42H65N3O3. The average Bonchev–Trinajstić information content (AvgIpc) is 3.44. The Morgan fingerprint density at radius 1 is 0.875 bits per heavy atom. The lowest BCUT2D eigenvalue weighted by Crippen LogP contribution is -2.68. The molecule has 6 rings (SSSR count). The number of carbonyl (C=O) groups excluding carboxylic acids is 1. The number of likely N-dealkylation sites (N-methyl/N-ethyl adjacent to an activating group) is 2. The number of carbonyl (C=O) groups is 2. The second kappa shape index (κ2) is 13.3. The highest BCUT2D eigenvalue weighted by Gasteiger charge is 2.69. The normalized spacial score (nSPS) is 37.8. The number of carboxylic acids is 1. The van der Waals surface area contributed by atoms with E-state index in [1.54, 1.807) is 18.2 Å². The summed E-state index contributed by atoms with van der Waals surface area (Å²) in [5, 5.41) is 13.1. The number of fused-ring (bicyclic) bond motifs is 7. The first-order valence-corrected chi connectivity index (χ1v) is 18.8. The number of carboxylic acid groups (broad SMARTS) is 1. The number of nitrogens with zero attached hydrogens (tertiary/aromatic N) is 2. The molecule has 1 aromatic rings. The van der Waals surface area contributed by atoms with Gasteiger partial charge in [0, 0.05) is 25.7 Å². The Bertz CT molecular complexity index is 1400. The van der Waals surface area contributed by atoms with Crippen molar-refractivity contribution in [2.75, 3.05) is 34.2 Å². The molecule has 0 heterocycles. The largest absolute Gasteiger partial charge is 0.478 e. The standard InChI is InChI=1S/C39H59N3O3.C3H6/c1-35(2)28(26-11-13-27(14-12-26)33(43)44)17-20-36(3)31(35)18-21-38(5)32(36)16-15-29-30-10-9-19-39(30,23-22-37(29,38)4)40-34(45)42(8)25-24-41(6)7;1-3-2/h11-14,17,29-32H,9-10,15-16,18-25H2,1-8H3,(H,40,45)(H,43,44);3H,1H2,2H3/t29?,30?,31?,32?,36?,37-,38?,39?;/m1./s1. The lowest BCUT2D eigenvalue weighted by molar-refractivity contribution is -0.216. The van der Waals surface area contributed by atoms with Crippen LogP contribution < -0.4 is 5.32 Å². The summed E-state index contributed by atoms with van der Waals surface area (Å²) in [6.45, 7) is 19.8. The van der Waals surface area contributed by atoms with Crippen molar-refractivity contribution in [1.29, 1.82) is 0 Å². The van der Waals surface area contributed by atoms with Crippen molar-refractivity contribution in [2.24, 2.45) is 45.3 Å². The molecule has 0 bridgehead atoms. The molecule has 5 aliphatic carbocycles. The summed E-state index contributed by atoms with van der Waals surface area (Å²) in [5.41, 5.74) is 3.71. The van der Waals surface area contributed by atoms with Crippen molar-refractivity contribution in [1.82, 2.24) is 15.1 Å². The molecule has 0 spiro atoms. The van der Waals surface area contributed by atoms with Gasteiger partial charge < -0.3 is 20.2 Å². The van der Waals surface area contributed by atoms with Crippen LogP contribution in [0.4, 0.5) is 4.79 Å². The molecule has 266 valence electrons. The number of nitrogens with one attached hydrogen (secondary N) is 1. The third-order valence-electron chi connectivity index (χ3n) is 15.0. The van der Waals surface area contributed by atoms with E-state index in [2.05, 4.69) is 71.6 Å². The second-order valence-electron chi connectivity index (χ2n) is 17.8. The second-order valence-corrected chi connectivity index (χ2v) is 17.8. The van der Waals surface area contributed by atoms with Gasteiger partial charge in [-0.2, -0.15) is 0 Å². The number of allylic oxidation sites excluding steroid dienone is 3. The van der Waals surface area contributed by atoms with Gasteiger partial charge in [0.1, 0.15) is 0 Å². The Morgan fingerprint density at radius 2 is 1.54 bits per heavy atom. The van der Waals surface area contributed by atoms with Crippen LogP contribution in [0.15, 0.2) is 43.0 Å². The summed E-state index contributed by atoms with van der Waals surface area (Å²) in [6, 6.07) is 7.68. The van der Waals surface area contributed by atoms with Crippen LogP contribution in [0.5, 0.6) is 0 Å². The Kier molecular flexibility index (Phi) is 10.1. The van der Waals surface area contributed by atoms with E-state index in [4.69, 9.17) is 0 Å². The third kappa shape index (κ3) is 5.86. The fourth-order valence-corrected chi connectivity index (χ4v) is 12.4. The van der Waals surface area contributed by atoms with Crippen LogP contribution in [0.1, 0.15) is 122 Å². The molecule has 0 aromatic heterocycles. The summed E-state index contributed by atoms with van der Waals surface area (Å²) in [4.78, 5) is 29.0. The molecule has 48 heavy (non-hydrogen) atoms. The van der Waals surface area contributed by atoms with Crippen molar-refractivity contribution < 1.29 is 14.7 Å². The van der Waals surface area contributed by atoms with Crippen molar-refractivity contribution in [3.05, 3.63) is 54.1 Å². The Hall–Kier alpha value is -2.60. The summed E-state index contributed by atoms with van der Waals surface area (Å²) in [6.07, 6.45) is 16.4. The average molecular weight is 660 g/mol. The van der Waals surface area contributed by atoms with Crippen molar-refractivity contribution in [3.63, 3.8) is 0 Å². The van der Waals surface area contributed by atoms with Gasteiger partial charge in [-0.05, 0) is 147 Å². The Balaban J connectivity index is 0.00000145. The summed E-state index contributed by atoms with van der Waals surface area (Å²) < 4.78 is 0. The first-order valence-electron chi connectivity index (χ1n) is 18.8. The maximum atomic E-state index is 13.5. The van der Waals surface area contributed by atoms with Crippen molar-refractivity contribution in [3.8, 4) is 0 Å². The summed E-state index contributed by atoms with van der Waals surface area (Å²) in [5.74, 6) is 1.64. The molecule has 7 unspecified atom stereocenters. The van der Waals surface area contributed by atoms with Gasteiger partial charge in [-0.25, -0.2) is 9.59 Å². The number of aromatic carboxylic acids is 1. The van der Waals surface area contributed by atoms with E-state index < -0.39 is 5.97 Å². The Labute approximate surface area is 291 Å². The number of hydrogen-bond acceptors (Lipinski definition) is 3. The number of amides is 2. The van der Waals surface area contributed by atoms with E-state index >= 15 is 0 Å².